The van der Waals surface area contributed by atoms with Crippen LogP contribution in [0.2, 0.25) is 5.02 Å². The minimum Gasteiger partial charge on any atom is -0.298 e. The summed E-state index contributed by atoms with van der Waals surface area (Å²) in [6.07, 6.45) is 0. The summed E-state index contributed by atoms with van der Waals surface area (Å²) in [5, 5.41) is 4.11. The highest BCUT2D eigenvalue weighted by molar-refractivity contribution is 7.22. The molecule has 0 spiro atoms. The van der Waals surface area contributed by atoms with Gasteiger partial charge in [0.1, 0.15) is 0 Å². The number of thiazole rings is 1. The number of amides is 1. The van der Waals surface area contributed by atoms with Gasteiger partial charge in [-0.3, -0.25) is 10.1 Å². The number of anilines is 1. The first-order valence-electron chi connectivity index (χ1n) is 6.48. The van der Waals surface area contributed by atoms with Crippen molar-refractivity contribution in [3.8, 4) is 0 Å². The van der Waals surface area contributed by atoms with Gasteiger partial charge in [0.15, 0.2) is 5.13 Å². The summed E-state index contributed by atoms with van der Waals surface area (Å²) >= 11 is 7.54. The smallest absolute Gasteiger partial charge is 0.257 e. The van der Waals surface area contributed by atoms with E-state index in [0.717, 1.165) is 21.3 Å². The Morgan fingerprint density at radius 3 is 2.57 bits per heavy atom. The molecule has 0 unspecified atom stereocenters. The fraction of sp³-hybridized carbons (Fsp3) is 0.125. The molecule has 0 aliphatic carbocycles. The van der Waals surface area contributed by atoms with Gasteiger partial charge in [-0.05, 0) is 43.7 Å². The SMILES string of the molecule is Cc1ccc(C(=O)Nc2nc3c(C)c(Cl)ccc3s2)cc1. The van der Waals surface area contributed by atoms with Crippen molar-refractivity contribution in [2.24, 2.45) is 0 Å². The molecule has 0 aliphatic rings. The van der Waals surface area contributed by atoms with Crippen LogP contribution < -0.4 is 5.32 Å². The highest BCUT2D eigenvalue weighted by Crippen LogP contribution is 2.31. The largest absolute Gasteiger partial charge is 0.298 e. The lowest BCUT2D eigenvalue weighted by molar-refractivity contribution is 0.102. The average Bonchev–Trinajstić information content (AvgIpc) is 2.87. The number of halogens is 1. The lowest BCUT2D eigenvalue weighted by Crippen LogP contribution is -2.11. The Bertz CT molecular complexity index is 824. The van der Waals surface area contributed by atoms with Crippen LogP contribution in [0, 0.1) is 13.8 Å². The number of aromatic nitrogens is 1. The molecule has 2 aromatic carbocycles. The predicted octanol–water partition coefficient (Wildman–Crippen LogP) is 4.82. The fourth-order valence-electron chi connectivity index (χ4n) is 2.03. The number of carbonyl (C=O) groups is 1. The van der Waals surface area contributed by atoms with Crippen molar-refractivity contribution in [3.63, 3.8) is 0 Å². The minimum absolute atomic E-state index is 0.155. The molecule has 21 heavy (non-hydrogen) atoms. The van der Waals surface area contributed by atoms with Crippen molar-refractivity contribution in [2.45, 2.75) is 13.8 Å². The number of aryl methyl sites for hydroxylation is 2. The Morgan fingerprint density at radius 2 is 1.86 bits per heavy atom. The van der Waals surface area contributed by atoms with E-state index in [1.165, 1.54) is 11.3 Å². The Kier molecular flexibility index (Phi) is 3.66. The molecule has 0 fully saturated rings. The molecule has 1 N–H and O–H groups in total. The van der Waals surface area contributed by atoms with Crippen molar-refractivity contribution >= 4 is 44.2 Å². The van der Waals surface area contributed by atoms with E-state index in [-0.39, 0.29) is 5.91 Å². The van der Waals surface area contributed by atoms with Crippen LogP contribution in [0.3, 0.4) is 0 Å². The maximum Gasteiger partial charge on any atom is 0.257 e. The van der Waals surface area contributed by atoms with E-state index in [1.54, 1.807) is 12.1 Å². The number of fused-ring (bicyclic) bond motifs is 1. The van der Waals surface area contributed by atoms with Crippen LogP contribution in [0.5, 0.6) is 0 Å². The highest BCUT2D eigenvalue weighted by Gasteiger charge is 2.12. The van der Waals surface area contributed by atoms with E-state index in [2.05, 4.69) is 10.3 Å². The lowest BCUT2D eigenvalue weighted by Gasteiger charge is -2.01. The van der Waals surface area contributed by atoms with Crippen molar-refractivity contribution in [1.29, 1.82) is 0 Å². The lowest BCUT2D eigenvalue weighted by atomic mass is 10.1. The van der Waals surface area contributed by atoms with Gasteiger partial charge >= 0.3 is 0 Å². The summed E-state index contributed by atoms with van der Waals surface area (Å²) in [5.41, 5.74) is 3.51. The quantitative estimate of drug-likeness (QED) is 0.736. The van der Waals surface area contributed by atoms with Gasteiger partial charge in [-0.1, -0.05) is 40.6 Å². The summed E-state index contributed by atoms with van der Waals surface area (Å²) in [7, 11) is 0. The van der Waals surface area contributed by atoms with Gasteiger partial charge in [-0.15, -0.1) is 0 Å². The third kappa shape index (κ3) is 2.77. The topological polar surface area (TPSA) is 42.0 Å². The van der Waals surface area contributed by atoms with Gasteiger partial charge in [-0.2, -0.15) is 0 Å². The van der Waals surface area contributed by atoms with E-state index >= 15 is 0 Å². The second-order valence-corrected chi connectivity index (χ2v) is 6.30. The van der Waals surface area contributed by atoms with Gasteiger partial charge in [0, 0.05) is 10.6 Å². The molecular weight excluding hydrogens is 304 g/mol. The van der Waals surface area contributed by atoms with Crippen LogP contribution in [-0.4, -0.2) is 10.9 Å². The molecule has 5 heteroatoms. The summed E-state index contributed by atoms with van der Waals surface area (Å²) in [6, 6.07) is 11.2. The zero-order valence-electron chi connectivity index (χ0n) is 11.6. The van der Waals surface area contributed by atoms with Gasteiger partial charge < -0.3 is 0 Å². The number of carbonyl (C=O) groups excluding carboxylic acids is 1. The number of benzene rings is 2. The van der Waals surface area contributed by atoms with E-state index in [0.29, 0.717) is 15.7 Å². The van der Waals surface area contributed by atoms with E-state index in [1.807, 2.05) is 38.1 Å². The average molecular weight is 317 g/mol. The Hall–Kier alpha value is -1.91. The zero-order chi connectivity index (χ0) is 15.0. The monoisotopic (exact) mass is 316 g/mol. The van der Waals surface area contributed by atoms with Crippen molar-refractivity contribution in [1.82, 2.24) is 4.98 Å². The van der Waals surface area contributed by atoms with Gasteiger partial charge in [0.05, 0.1) is 10.2 Å². The summed E-state index contributed by atoms with van der Waals surface area (Å²) in [4.78, 5) is 16.6. The minimum atomic E-state index is -0.155. The first-order chi connectivity index (χ1) is 10.0. The van der Waals surface area contributed by atoms with E-state index in [9.17, 15) is 4.79 Å². The summed E-state index contributed by atoms with van der Waals surface area (Å²) < 4.78 is 1.01. The molecule has 1 aromatic heterocycles. The molecule has 0 bridgehead atoms. The molecule has 0 saturated heterocycles. The van der Waals surface area contributed by atoms with E-state index in [4.69, 9.17) is 11.6 Å². The summed E-state index contributed by atoms with van der Waals surface area (Å²) in [5.74, 6) is -0.155. The van der Waals surface area contributed by atoms with Crippen LogP contribution in [0.4, 0.5) is 5.13 Å². The first kappa shape index (κ1) is 14.0. The number of nitrogens with zero attached hydrogens (tertiary/aromatic N) is 1. The maximum absolute atomic E-state index is 12.2. The first-order valence-corrected chi connectivity index (χ1v) is 7.68. The third-order valence-electron chi connectivity index (χ3n) is 3.28. The molecule has 0 saturated carbocycles. The molecule has 0 atom stereocenters. The van der Waals surface area contributed by atoms with Crippen molar-refractivity contribution in [2.75, 3.05) is 5.32 Å². The highest BCUT2D eigenvalue weighted by atomic mass is 35.5. The van der Waals surface area contributed by atoms with Crippen LogP contribution in [0.25, 0.3) is 10.2 Å². The number of rotatable bonds is 2. The second-order valence-electron chi connectivity index (χ2n) is 4.86. The van der Waals surface area contributed by atoms with Crippen molar-refractivity contribution < 1.29 is 4.79 Å². The fourth-order valence-corrected chi connectivity index (χ4v) is 3.10. The van der Waals surface area contributed by atoms with E-state index < -0.39 is 0 Å². The second kappa shape index (κ2) is 5.47. The molecule has 1 heterocycles. The molecule has 106 valence electrons. The molecule has 3 nitrogen and oxygen atoms in total. The maximum atomic E-state index is 12.2. The van der Waals surface area contributed by atoms with Gasteiger partial charge in [0.25, 0.3) is 5.91 Å². The Morgan fingerprint density at radius 1 is 1.14 bits per heavy atom. The standard InChI is InChI=1S/C16H13ClN2OS/c1-9-3-5-11(6-4-9)15(20)19-16-18-14-10(2)12(17)7-8-13(14)21-16/h3-8H,1-2H3,(H,18,19,20). The Balaban J connectivity index is 1.89. The molecule has 0 aliphatic heterocycles. The Labute approximate surface area is 131 Å². The van der Waals surface area contributed by atoms with Crippen LogP contribution in [-0.2, 0) is 0 Å². The number of hydrogen-bond acceptors (Lipinski definition) is 3. The van der Waals surface area contributed by atoms with Crippen LogP contribution in [0.15, 0.2) is 36.4 Å². The van der Waals surface area contributed by atoms with Crippen LogP contribution in [0.1, 0.15) is 21.5 Å². The molecular formula is C16H13ClN2OS. The molecule has 3 rings (SSSR count). The predicted molar refractivity (Wildman–Crippen MR) is 88.5 cm³/mol. The molecule has 1 amide bonds. The van der Waals surface area contributed by atoms with Gasteiger partial charge in [-0.25, -0.2) is 4.98 Å². The number of nitrogens with one attached hydrogen (secondary N) is 1. The van der Waals surface area contributed by atoms with Crippen molar-refractivity contribution in [3.05, 3.63) is 58.1 Å². The number of hydrogen-bond donors (Lipinski definition) is 1. The van der Waals surface area contributed by atoms with Gasteiger partial charge in [0.2, 0.25) is 0 Å². The molecule has 3 aromatic rings. The third-order valence-corrected chi connectivity index (χ3v) is 4.63. The zero-order valence-corrected chi connectivity index (χ0v) is 13.2. The normalized spacial score (nSPS) is 10.8. The van der Waals surface area contributed by atoms with Crippen LogP contribution >= 0.6 is 22.9 Å². The summed E-state index contributed by atoms with van der Waals surface area (Å²) in [6.45, 7) is 3.91. The molecule has 0 radical (unpaired) electrons.